The summed E-state index contributed by atoms with van der Waals surface area (Å²) in [4.78, 5) is 29.8. The van der Waals surface area contributed by atoms with Crippen LogP contribution in [0.15, 0.2) is 60.8 Å². The number of pyridine rings is 1. The van der Waals surface area contributed by atoms with E-state index < -0.39 is 5.41 Å². The SMILES string of the molecule is Cc1ccccc1CNC(=O)C(C)(C)C(=O)Nc1cccc2cccnc12. The molecule has 5 nitrogen and oxygen atoms in total. The number of rotatable bonds is 5. The Morgan fingerprint density at radius 2 is 1.70 bits per heavy atom. The van der Waals surface area contributed by atoms with Crippen molar-refractivity contribution < 1.29 is 9.59 Å². The van der Waals surface area contributed by atoms with Gasteiger partial charge in [0.2, 0.25) is 11.8 Å². The van der Waals surface area contributed by atoms with Gasteiger partial charge >= 0.3 is 0 Å². The van der Waals surface area contributed by atoms with Gasteiger partial charge in [0.25, 0.3) is 0 Å². The first kappa shape index (κ1) is 18.6. The summed E-state index contributed by atoms with van der Waals surface area (Å²) < 4.78 is 0. The Morgan fingerprint density at radius 1 is 0.963 bits per heavy atom. The van der Waals surface area contributed by atoms with Crippen molar-refractivity contribution >= 4 is 28.4 Å². The van der Waals surface area contributed by atoms with Gasteiger partial charge in [-0.05, 0) is 44.0 Å². The molecule has 0 unspecified atom stereocenters. The highest BCUT2D eigenvalue weighted by Crippen LogP contribution is 2.24. The Morgan fingerprint density at radius 3 is 2.48 bits per heavy atom. The third kappa shape index (κ3) is 3.97. The quantitative estimate of drug-likeness (QED) is 0.679. The van der Waals surface area contributed by atoms with E-state index in [0.29, 0.717) is 17.7 Å². The zero-order valence-electron chi connectivity index (χ0n) is 15.7. The molecule has 2 aromatic carbocycles. The lowest BCUT2D eigenvalue weighted by Crippen LogP contribution is -2.45. The molecule has 0 aliphatic rings. The average molecular weight is 361 g/mol. The molecule has 2 N–H and O–H groups in total. The molecule has 0 radical (unpaired) electrons. The Labute approximate surface area is 158 Å². The summed E-state index contributed by atoms with van der Waals surface area (Å²) in [5.41, 5.74) is 2.20. The van der Waals surface area contributed by atoms with Crippen LogP contribution in [0.25, 0.3) is 10.9 Å². The number of fused-ring (bicyclic) bond motifs is 1. The molecule has 0 spiro atoms. The van der Waals surface area contributed by atoms with E-state index in [1.807, 2.05) is 55.5 Å². The fraction of sp³-hybridized carbons (Fsp3) is 0.227. The van der Waals surface area contributed by atoms with Crippen molar-refractivity contribution in [2.24, 2.45) is 5.41 Å². The maximum atomic E-state index is 12.8. The third-order valence-corrected chi connectivity index (χ3v) is 4.72. The van der Waals surface area contributed by atoms with Crippen molar-refractivity contribution in [1.82, 2.24) is 10.3 Å². The van der Waals surface area contributed by atoms with Crippen molar-refractivity contribution in [3.63, 3.8) is 0 Å². The topological polar surface area (TPSA) is 71.1 Å². The molecule has 0 aliphatic heterocycles. The maximum absolute atomic E-state index is 12.8. The van der Waals surface area contributed by atoms with Gasteiger partial charge < -0.3 is 10.6 Å². The third-order valence-electron chi connectivity index (χ3n) is 4.72. The van der Waals surface area contributed by atoms with Crippen molar-refractivity contribution in [3.05, 3.63) is 71.9 Å². The van der Waals surface area contributed by atoms with E-state index in [1.165, 1.54) is 0 Å². The number of carbonyl (C=O) groups excluding carboxylic acids is 2. The molecule has 2 amide bonds. The normalized spacial score (nSPS) is 11.2. The van der Waals surface area contributed by atoms with Crippen LogP contribution in [-0.4, -0.2) is 16.8 Å². The lowest BCUT2D eigenvalue weighted by molar-refractivity contribution is -0.138. The second-order valence-corrected chi connectivity index (χ2v) is 7.07. The first-order chi connectivity index (χ1) is 12.9. The first-order valence-corrected chi connectivity index (χ1v) is 8.87. The van der Waals surface area contributed by atoms with E-state index >= 15 is 0 Å². The standard InChI is InChI=1S/C22H23N3O2/c1-15-8-4-5-9-17(15)14-24-20(26)22(2,3)21(27)25-18-12-6-10-16-11-7-13-23-19(16)18/h4-13H,14H2,1-3H3,(H,24,26)(H,25,27). The van der Waals surface area contributed by atoms with Crippen LogP contribution in [-0.2, 0) is 16.1 Å². The van der Waals surface area contributed by atoms with Crippen LogP contribution in [0.4, 0.5) is 5.69 Å². The number of anilines is 1. The van der Waals surface area contributed by atoms with E-state index in [0.717, 1.165) is 16.5 Å². The number of amides is 2. The average Bonchev–Trinajstić information content (AvgIpc) is 2.67. The van der Waals surface area contributed by atoms with Crippen LogP contribution in [0.1, 0.15) is 25.0 Å². The van der Waals surface area contributed by atoms with Gasteiger partial charge in [-0.25, -0.2) is 0 Å². The van der Waals surface area contributed by atoms with E-state index in [1.54, 1.807) is 26.1 Å². The summed E-state index contributed by atoms with van der Waals surface area (Å²) in [6.45, 7) is 5.62. The second kappa shape index (κ2) is 7.58. The number of hydrogen-bond donors (Lipinski definition) is 2. The molecule has 1 aromatic heterocycles. The van der Waals surface area contributed by atoms with Crippen LogP contribution in [0.3, 0.4) is 0 Å². The van der Waals surface area contributed by atoms with Crippen molar-refractivity contribution in [2.75, 3.05) is 5.32 Å². The molecule has 3 aromatic rings. The molecule has 138 valence electrons. The highest BCUT2D eigenvalue weighted by Gasteiger charge is 2.36. The van der Waals surface area contributed by atoms with Crippen molar-refractivity contribution in [2.45, 2.75) is 27.3 Å². The summed E-state index contributed by atoms with van der Waals surface area (Å²) in [7, 11) is 0. The molecule has 0 saturated heterocycles. The Bertz CT molecular complexity index is 990. The van der Waals surface area contributed by atoms with Crippen LogP contribution >= 0.6 is 0 Å². The smallest absolute Gasteiger partial charge is 0.239 e. The Kier molecular flexibility index (Phi) is 5.21. The highest BCUT2D eigenvalue weighted by atomic mass is 16.2. The largest absolute Gasteiger partial charge is 0.351 e. The van der Waals surface area contributed by atoms with Crippen LogP contribution in [0, 0.1) is 12.3 Å². The molecular formula is C22H23N3O2. The molecular weight excluding hydrogens is 338 g/mol. The molecule has 0 fully saturated rings. The Hall–Kier alpha value is -3.21. The van der Waals surface area contributed by atoms with Gasteiger partial charge in [-0.1, -0.05) is 42.5 Å². The minimum atomic E-state index is -1.22. The zero-order valence-corrected chi connectivity index (χ0v) is 15.7. The minimum absolute atomic E-state index is 0.323. The maximum Gasteiger partial charge on any atom is 0.239 e. The monoisotopic (exact) mass is 361 g/mol. The van der Waals surface area contributed by atoms with Gasteiger partial charge in [0.05, 0.1) is 11.2 Å². The number of para-hydroxylation sites is 1. The predicted molar refractivity (Wildman–Crippen MR) is 107 cm³/mol. The van der Waals surface area contributed by atoms with Gasteiger partial charge in [0.15, 0.2) is 0 Å². The van der Waals surface area contributed by atoms with E-state index in [9.17, 15) is 9.59 Å². The molecule has 3 rings (SSSR count). The molecule has 0 aliphatic carbocycles. The summed E-state index contributed by atoms with van der Waals surface area (Å²) in [6.07, 6.45) is 1.68. The van der Waals surface area contributed by atoms with Crippen molar-refractivity contribution in [1.29, 1.82) is 0 Å². The van der Waals surface area contributed by atoms with Gasteiger partial charge in [-0.2, -0.15) is 0 Å². The summed E-state index contributed by atoms with van der Waals surface area (Å²) in [5.74, 6) is -0.695. The number of carbonyl (C=O) groups is 2. The summed E-state index contributed by atoms with van der Waals surface area (Å²) in [5, 5.41) is 6.65. The van der Waals surface area contributed by atoms with E-state index in [2.05, 4.69) is 15.6 Å². The Balaban J connectivity index is 1.72. The first-order valence-electron chi connectivity index (χ1n) is 8.87. The van der Waals surface area contributed by atoms with E-state index in [4.69, 9.17) is 0 Å². The molecule has 5 heteroatoms. The molecule has 0 atom stereocenters. The zero-order chi connectivity index (χ0) is 19.4. The van der Waals surface area contributed by atoms with Gasteiger partial charge in [-0.3, -0.25) is 14.6 Å². The van der Waals surface area contributed by atoms with Crippen LogP contribution < -0.4 is 10.6 Å². The van der Waals surface area contributed by atoms with Gasteiger partial charge in [0.1, 0.15) is 5.41 Å². The lowest BCUT2D eigenvalue weighted by Gasteiger charge is -2.23. The van der Waals surface area contributed by atoms with Crippen LogP contribution in [0.2, 0.25) is 0 Å². The predicted octanol–water partition coefficient (Wildman–Crippen LogP) is 3.82. The number of benzene rings is 2. The molecule has 1 heterocycles. The number of hydrogen-bond acceptors (Lipinski definition) is 3. The van der Waals surface area contributed by atoms with E-state index in [-0.39, 0.29) is 11.8 Å². The summed E-state index contributed by atoms with van der Waals surface area (Å²) >= 11 is 0. The van der Waals surface area contributed by atoms with Gasteiger partial charge in [-0.15, -0.1) is 0 Å². The van der Waals surface area contributed by atoms with Crippen molar-refractivity contribution in [3.8, 4) is 0 Å². The molecule has 0 bridgehead atoms. The number of aryl methyl sites for hydroxylation is 1. The molecule has 0 saturated carbocycles. The highest BCUT2D eigenvalue weighted by molar-refractivity contribution is 6.12. The minimum Gasteiger partial charge on any atom is -0.351 e. The fourth-order valence-corrected chi connectivity index (χ4v) is 2.79. The number of aromatic nitrogens is 1. The summed E-state index contributed by atoms with van der Waals surface area (Å²) in [6, 6.07) is 17.2. The van der Waals surface area contributed by atoms with Crippen LogP contribution in [0.5, 0.6) is 0 Å². The number of nitrogens with zero attached hydrogens (tertiary/aromatic N) is 1. The van der Waals surface area contributed by atoms with Gasteiger partial charge in [0, 0.05) is 18.1 Å². The fourth-order valence-electron chi connectivity index (χ4n) is 2.79. The molecule has 27 heavy (non-hydrogen) atoms. The second-order valence-electron chi connectivity index (χ2n) is 7.07. The number of nitrogens with one attached hydrogen (secondary N) is 2. The lowest BCUT2D eigenvalue weighted by atomic mass is 9.90.